The van der Waals surface area contributed by atoms with Gasteiger partial charge < -0.3 is 5.73 Å². The van der Waals surface area contributed by atoms with Crippen molar-refractivity contribution in [3.8, 4) is 0 Å². The van der Waals surface area contributed by atoms with Crippen molar-refractivity contribution in [1.82, 2.24) is 0 Å². The van der Waals surface area contributed by atoms with Crippen molar-refractivity contribution in [2.45, 2.75) is 0 Å². The highest BCUT2D eigenvalue weighted by Crippen LogP contribution is 2.09. The number of thiophene rings is 1. The predicted octanol–water partition coefficient (Wildman–Crippen LogP) is 1.45. The first-order valence-electron chi connectivity index (χ1n) is 3.29. The molecule has 0 fully saturated rings. The van der Waals surface area contributed by atoms with Crippen molar-refractivity contribution in [3.63, 3.8) is 0 Å². The number of allylic oxidation sites excluding steroid dienone is 1. The quantitative estimate of drug-likeness (QED) is 0.547. The van der Waals surface area contributed by atoms with Gasteiger partial charge in [-0.25, -0.2) is 0 Å². The Morgan fingerprint density at radius 3 is 3.09 bits per heavy atom. The van der Waals surface area contributed by atoms with Crippen LogP contribution in [0.25, 0.3) is 0 Å². The average molecular weight is 167 g/mol. The number of hydrogen-bond acceptors (Lipinski definition) is 3. The number of carbonyl (C=O) groups excluding carboxylic acids is 1. The highest BCUT2D eigenvalue weighted by atomic mass is 32.1. The van der Waals surface area contributed by atoms with Crippen LogP contribution in [0, 0.1) is 0 Å². The molecule has 0 spiro atoms. The second kappa shape index (κ2) is 4.05. The van der Waals surface area contributed by atoms with Crippen molar-refractivity contribution in [1.29, 1.82) is 0 Å². The minimum atomic E-state index is 0.0328. The zero-order valence-corrected chi connectivity index (χ0v) is 6.80. The van der Waals surface area contributed by atoms with Gasteiger partial charge in [-0.05, 0) is 17.5 Å². The van der Waals surface area contributed by atoms with Crippen LogP contribution >= 0.6 is 11.3 Å². The van der Waals surface area contributed by atoms with Gasteiger partial charge in [-0.15, -0.1) is 11.3 Å². The van der Waals surface area contributed by atoms with E-state index in [4.69, 9.17) is 5.73 Å². The molecule has 58 valence electrons. The molecule has 0 unspecified atom stereocenters. The van der Waals surface area contributed by atoms with Gasteiger partial charge in [0.05, 0.1) is 4.88 Å². The molecule has 0 amide bonds. The Morgan fingerprint density at radius 2 is 2.55 bits per heavy atom. The summed E-state index contributed by atoms with van der Waals surface area (Å²) in [4.78, 5) is 11.9. The summed E-state index contributed by atoms with van der Waals surface area (Å²) in [5.74, 6) is 0.0328. The van der Waals surface area contributed by atoms with Crippen molar-refractivity contribution >= 4 is 17.1 Å². The molecule has 2 N–H and O–H groups in total. The summed E-state index contributed by atoms with van der Waals surface area (Å²) in [6.07, 6.45) is 3.16. The number of rotatable bonds is 3. The first-order chi connectivity index (χ1) is 5.34. The number of ketones is 1. The Kier molecular flexibility index (Phi) is 3.01. The smallest absolute Gasteiger partial charge is 0.195 e. The number of carbonyl (C=O) groups is 1. The van der Waals surface area contributed by atoms with Crippen LogP contribution in [-0.4, -0.2) is 12.3 Å². The van der Waals surface area contributed by atoms with Crippen molar-refractivity contribution in [3.05, 3.63) is 34.5 Å². The van der Waals surface area contributed by atoms with Crippen LogP contribution < -0.4 is 5.73 Å². The topological polar surface area (TPSA) is 43.1 Å². The van der Waals surface area contributed by atoms with Gasteiger partial charge in [0.2, 0.25) is 0 Å². The molecule has 3 heteroatoms. The zero-order chi connectivity index (χ0) is 8.10. The largest absolute Gasteiger partial charge is 0.327 e. The molecule has 0 aliphatic carbocycles. The molecule has 0 saturated carbocycles. The van der Waals surface area contributed by atoms with Gasteiger partial charge in [-0.2, -0.15) is 0 Å². The van der Waals surface area contributed by atoms with E-state index in [1.165, 1.54) is 17.4 Å². The molecule has 1 aromatic rings. The fourth-order valence-corrected chi connectivity index (χ4v) is 1.32. The second-order valence-electron chi connectivity index (χ2n) is 1.98. The Bertz CT molecular complexity index is 251. The Hall–Kier alpha value is -0.930. The van der Waals surface area contributed by atoms with E-state index in [-0.39, 0.29) is 5.78 Å². The first-order valence-corrected chi connectivity index (χ1v) is 4.17. The Morgan fingerprint density at radius 1 is 1.73 bits per heavy atom. The zero-order valence-electron chi connectivity index (χ0n) is 5.99. The van der Waals surface area contributed by atoms with Crippen LogP contribution in [0.1, 0.15) is 9.67 Å². The number of nitrogens with two attached hydrogens (primary N) is 1. The van der Waals surface area contributed by atoms with E-state index in [2.05, 4.69) is 0 Å². The highest BCUT2D eigenvalue weighted by molar-refractivity contribution is 7.12. The fourth-order valence-electron chi connectivity index (χ4n) is 0.676. The summed E-state index contributed by atoms with van der Waals surface area (Å²) in [6, 6.07) is 3.65. The number of hydrogen-bond donors (Lipinski definition) is 1. The van der Waals surface area contributed by atoms with Crippen molar-refractivity contribution < 1.29 is 4.79 Å². The lowest BCUT2D eigenvalue weighted by molar-refractivity contribution is 0.105. The van der Waals surface area contributed by atoms with E-state index in [1.54, 1.807) is 12.1 Å². The lowest BCUT2D eigenvalue weighted by Crippen LogP contribution is -1.95. The van der Waals surface area contributed by atoms with Crippen LogP contribution in [0.4, 0.5) is 0 Å². The summed E-state index contributed by atoms with van der Waals surface area (Å²) in [7, 11) is 0. The second-order valence-corrected chi connectivity index (χ2v) is 2.93. The average Bonchev–Trinajstić information content (AvgIpc) is 2.52. The van der Waals surface area contributed by atoms with Gasteiger partial charge in [0.25, 0.3) is 0 Å². The maximum Gasteiger partial charge on any atom is 0.195 e. The Balaban J connectivity index is 2.64. The van der Waals surface area contributed by atoms with E-state index in [0.29, 0.717) is 6.54 Å². The third-order valence-electron chi connectivity index (χ3n) is 1.17. The standard InChI is InChI=1S/C8H9NOS/c9-5-1-3-7(10)8-4-2-6-11-8/h1-4,6H,5,9H2. The third-order valence-corrected chi connectivity index (χ3v) is 2.05. The normalized spacial score (nSPS) is 10.6. The van der Waals surface area contributed by atoms with Crippen LogP contribution in [0.3, 0.4) is 0 Å². The minimum absolute atomic E-state index is 0.0328. The molecule has 0 aromatic carbocycles. The predicted molar refractivity (Wildman–Crippen MR) is 46.8 cm³/mol. The van der Waals surface area contributed by atoms with Crippen LogP contribution in [0.2, 0.25) is 0 Å². The van der Waals surface area contributed by atoms with Gasteiger partial charge in [0, 0.05) is 6.54 Å². The summed E-state index contributed by atoms with van der Waals surface area (Å²) in [6.45, 7) is 0.414. The summed E-state index contributed by atoms with van der Waals surface area (Å²) in [5, 5.41) is 1.88. The molecule has 0 aliphatic rings. The van der Waals surface area contributed by atoms with E-state index >= 15 is 0 Å². The summed E-state index contributed by atoms with van der Waals surface area (Å²) in [5.41, 5.74) is 5.19. The summed E-state index contributed by atoms with van der Waals surface area (Å²) < 4.78 is 0. The molecule has 0 bridgehead atoms. The fraction of sp³-hybridized carbons (Fsp3) is 0.125. The van der Waals surface area contributed by atoms with E-state index < -0.39 is 0 Å². The van der Waals surface area contributed by atoms with Gasteiger partial charge in [0.15, 0.2) is 5.78 Å². The van der Waals surface area contributed by atoms with E-state index in [1.807, 2.05) is 11.4 Å². The molecule has 0 saturated heterocycles. The third kappa shape index (κ3) is 2.29. The molecule has 11 heavy (non-hydrogen) atoms. The van der Waals surface area contributed by atoms with Gasteiger partial charge in [0.1, 0.15) is 0 Å². The molecule has 0 atom stereocenters. The maximum absolute atomic E-state index is 11.1. The summed E-state index contributed by atoms with van der Waals surface area (Å²) >= 11 is 1.44. The lowest BCUT2D eigenvalue weighted by Gasteiger charge is -1.85. The molecule has 2 nitrogen and oxygen atoms in total. The van der Waals surface area contributed by atoms with E-state index in [0.717, 1.165) is 4.88 Å². The molecular formula is C8H9NOS. The highest BCUT2D eigenvalue weighted by Gasteiger charge is 1.99. The molecule has 1 aromatic heterocycles. The molecular weight excluding hydrogens is 158 g/mol. The van der Waals surface area contributed by atoms with Crippen LogP contribution in [0.15, 0.2) is 29.7 Å². The van der Waals surface area contributed by atoms with Gasteiger partial charge in [-0.1, -0.05) is 12.1 Å². The maximum atomic E-state index is 11.1. The minimum Gasteiger partial charge on any atom is -0.327 e. The van der Waals surface area contributed by atoms with Crippen LogP contribution in [-0.2, 0) is 0 Å². The van der Waals surface area contributed by atoms with Crippen LogP contribution in [0.5, 0.6) is 0 Å². The first kappa shape index (κ1) is 8.17. The van der Waals surface area contributed by atoms with Crippen molar-refractivity contribution in [2.75, 3.05) is 6.54 Å². The van der Waals surface area contributed by atoms with Crippen molar-refractivity contribution in [2.24, 2.45) is 5.73 Å². The molecule has 1 rings (SSSR count). The lowest BCUT2D eigenvalue weighted by atomic mass is 10.3. The van der Waals surface area contributed by atoms with Gasteiger partial charge >= 0.3 is 0 Å². The Labute approximate surface area is 69.3 Å². The SMILES string of the molecule is NCC=CC(=O)c1cccs1. The molecule has 1 heterocycles. The molecule has 0 aliphatic heterocycles. The van der Waals surface area contributed by atoms with E-state index in [9.17, 15) is 4.79 Å². The van der Waals surface area contributed by atoms with Gasteiger partial charge in [-0.3, -0.25) is 4.79 Å². The monoisotopic (exact) mass is 167 g/mol. The molecule has 0 radical (unpaired) electrons.